The number of ether oxygens (including phenoxy) is 3. The number of nitrogens with two attached hydrogens (primary N) is 1. The van der Waals surface area contributed by atoms with Gasteiger partial charge in [-0.3, -0.25) is 4.79 Å². The van der Waals surface area contributed by atoms with Gasteiger partial charge in [-0.2, -0.15) is 0 Å². The first-order chi connectivity index (χ1) is 22.2. The Labute approximate surface area is 278 Å². The molecule has 0 aliphatic heterocycles. The zero-order chi connectivity index (χ0) is 34.8. The van der Waals surface area contributed by atoms with Crippen LogP contribution in [0.5, 0.6) is 0 Å². The summed E-state index contributed by atoms with van der Waals surface area (Å²) in [4.78, 5) is 51.8. The Morgan fingerprint density at radius 2 is 1.45 bits per heavy atom. The van der Waals surface area contributed by atoms with E-state index in [1.165, 1.54) is 4.90 Å². The molecule has 0 radical (unpaired) electrons. The van der Waals surface area contributed by atoms with Gasteiger partial charge in [-0.25, -0.2) is 14.4 Å². The van der Waals surface area contributed by atoms with E-state index in [-0.39, 0.29) is 45.2 Å². The Kier molecular flexibility index (Phi) is 16.7. The quantitative estimate of drug-likeness (QED) is 0.104. The highest BCUT2D eigenvalue weighted by atomic mass is 16.6. The number of rotatable bonds is 18. The summed E-state index contributed by atoms with van der Waals surface area (Å²) in [6.07, 6.45) is -0.660. The molecule has 0 unspecified atom stereocenters. The smallest absolute Gasteiger partial charge is 0.410 e. The van der Waals surface area contributed by atoms with E-state index >= 15 is 0 Å². The van der Waals surface area contributed by atoms with Gasteiger partial charge >= 0.3 is 18.2 Å². The molecule has 12 heteroatoms. The fourth-order valence-electron chi connectivity index (χ4n) is 4.45. The maximum Gasteiger partial charge on any atom is 0.410 e. The van der Waals surface area contributed by atoms with E-state index in [0.717, 1.165) is 11.1 Å². The topological polar surface area (TPSA) is 170 Å². The standard InChI is InChI=1S/C35H52N4O8/c1-25(2)30(32(42)47-35(3,4)5)38-31(41)29(36)18-12-13-21-39(34(44)46-24-27-16-10-7-11-17-27)22-28(40)19-20-37-33(43)45-23-26-14-8-6-9-15-26/h6-11,14-17,25,28-30,40H,12-13,18-24,36H2,1-5H3,(H,37,43)(H,38,41)/t28-,29+,30+/m1/s1. The summed E-state index contributed by atoms with van der Waals surface area (Å²) < 4.78 is 16.1. The summed E-state index contributed by atoms with van der Waals surface area (Å²) in [5.41, 5.74) is 7.13. The Morgan fingerprint density at radius 1 is 0.872 bits per heavy atom. The van der Waals surface area contributed by atoms with Crippen molar-refractivity contribution in [3.63, 3.8) is 0 Å². The van der Waals surface area contributed by atoms with Gasteiger partial charge in [-0.1, -0.05) is 74.5 Å². The van der Waals surface area contributed by atoms with Crippen LogP contribution in [0, 0.1) is 5.92 Å². The molecule has 47 heavy (non-hydrogen) atoms. The Morgan fingerprint density at radius 3 is 2.00 bits per heavy atom. The second-order valence-electron chi connectivity index (χ2n) is 12.8. The monoisotopic (exact) mass is 656 g/mol. The lowest BCUT2D eigenvalue weighted by Crippen LogP contribution is -2.52. The van der Waals surface area contributed by atoms with Crippen LogP contribution in [0.25, 0.3) is 0 Å². The SMILES string of the molecule is CC(C)[C@H](NC(=O)[C@@H](N)CCCCN(C[C@H](O)CCNC(=O)OCc1ccccc1)C(=O)OCc1ccccc1)C(=O)OC(C)(C)C. The van der Waals surface area contributed by atoms with Crippen LogP contribution in [0.3, 0.4) is 0 Å². The van der Waals surface area contributed by atoms with Crippen LogP contribution in [0.2, 0.25) is 0 Å². The molecule has 0 spiro atoms. The Bertz CT molecular complexity index is 1240. The molecule has 0 saturated heterocycles. The highest BCUT2D eigenvalue weighted by Gasteiger charge is 2.30. The van der Waals surface area contributed by atoms with Crippen molar-refractivity contribution in [1.82, 2.24) is 15.5 Å². The summed E-state index contributed by atoms with van der Waals surface area (Å²) in [6, 6.07) is 16.8. The van der Waals surface area contributed by atoms with E-state index in [2.05, 4.69) is 10.6 Å². The van der Waals surface area contributed by atoms with Crippen molar-refractivity contribution in [2.45, 2.75) is 97.3 Å². The molecule has 0 fully saturated rings. The molecule has 2 aromatic carbocycles. The lowest BCUT2D eigenvalue weighted by atomic mass is 10.0. The average Bonchev–Trinajstić information content (AvgIpc) is 3.02. The molecule has 2 aromatic rings. The lowest BCUT2D eigenvalue weighted by Gasteiger charge is -2.27. The number of aliphatic hydroxyl groups excluding tert-OH is 1. The van der Waals surface area contributed by atoms with Gasteiger partial charge in [-0.05, 0) is 63.5 Å². The Balaban J connectivity index is 1.86. The van der Waals surface area contributed by atoms with Crippen LogP contribution < -0.4 is 16.4 Å². The first kappa shape index (κ1) is 39.0. The molecule has 0 aliphatic carbocycles. The number of benzene rings is 2. The minimum Gasteiger partial charge on any atom is -0.458 e. The van der Waals surface area contributed by atoms with Crippen LogP contribution in [-0.4, -0.2) is 77.5 Å². The fourth-order valence-corrected chi connectivity index (χ4v) is 4.45. The van der Waals surface area contributed by atoms with E-state index in [1.54, 1.807) is 20.8 Å². The van der Waals surface area contributed by atoms with Crippen molar-refractivity contribution in [3.05, 3.63) is 71.8 Å². The van der Waals surface area contributed by atoms with Crippen molar-refractivity contribution < 1.29 is 38.5 Å². The largest absolute Gasteiger partial charge is 0.458 e. The zero-order valence-corrected chi connectivity index (χ0v) is 28.3. The third kappa shape index (κ3) is 16.3. The van der Waals surface area contributed by atoms with Crippen LogP contribution in [0.1, 0.15) is 71.4 Å². The normalized spacial score (nSPS) is 13.2. The molecule has 3 amide bonds. The fraction of sp³-hybridized carbons (Fsp3) is 0.543. The highest BCUT2D eigenvalue weighted by Crippen LogP contribution is 2.13. The van der Waals surface area contributed by atoms with E-state index in [1.807, 2.05) is 74.5 Å². The van der Waals surface area contributed by atoms with Crippen LogP contribution in [0.4, 0.5) is 9.59 Å². The molecule has 0 saturated carbocycles. The molecule has 0 aliphatic rings. The number of hydrogen-bond acceptors (Lipinski definition) is 9. The third-order valence-corrected chi connectivity index (χ3v) is 7.01. The molecule has 5 N–H and O–H groups in total. The number of amides is 3. The summed E-state index contributed by atoms with van der Waals surface area (Å²) >= 11 is 0. The first-order valence-electron chi connectivity index (χ1n) is 16.1. The second-order valence-corrected chi connectivity index (χ2v) is 12.8. The number of carbonyl (C=O) groups excluding carboxylic acids is 4. The predicted molar refractivity (Wildman–Crippen MR) is 178 cm³/mol. The van der Waals surface area contributed by atoms with Gasteiger partial charge in [-0.15, -0.1) is 0 Å². The van der Waals surface area contributed by atoms with Crippen molar-refractivity contribution >= 4 is 24.1 Å². The lowest BCUT2D eigenvalue weighted by molar-refractivity contribution is -0.160. The van der Waals surface area contributed by atoms with E-state index in [0.29, 0.717) is 19.3 Å². The minimum atomic E-state index is -0.942. The summed E-state index contributed by atoms with van der Waals surface area (Å²) in [7, 11) is 0. The summed E-state index contributed by atoms with van der Waals surface area (Å²) in [5, 5.41) is 16.0. The zero-order valence-electron chi connectivity index (χ0n) is 28.3. The average molecular weight is 657 g/mol. The van der Waals surface area contributed by atoms with Crippen LogP contribution >= 0.6 is 0 Å². The number of nitrogens with one attached hydrogen (secondary N) is 2. The predicted octanol–water partition coefficient (Wildman–Crippen LogP) is 4.28. The number of aliphatic hydroxyl groups is 1. The summed E-state index contributed by atoms with van der Waals surface area (Å²) in [5.74, 6) is -1.17. The number of esters is 1. The Hall–Kier alpha value is -4.16. The van der Waals surface area contributed by atoms with Gasteiger partial charge in [0.15, 0.2) is 0 Å². The molecular formula is C35H52N4O8. The van der Waals surface area contributed by atoms with Crippen molar-refractivity contribution in [2.75, 3.05) is 19.6 Å². The second kappa shape index (κ2) is 20.2. The number of nitrogens with zero attached hydrogens (tertiary/aromatic N) is 1. The van der Waals surface area contributed by atoms with E-state index in [4.69, 9.17) is 19.9 Å². The van der Waals surface area contributed by atoms with Gasteiger partial charge in [0.25, 0.3) is 0 Å². The van der Waals surface area contributed by atoms with Crippen molar-refractivity contribution in [2.24, 2.45) is 11.7 Å². The molecule has 12 nitrogen and oxygen atoms in total. The van der Waals surface area contributed by atoms with Crippen LogP contribution in [-0.2, 0) is 37.0 Å². The number of carbonyl (C=O) groups is 4. The van der Waals surface area contributed by atoms with Gasteiger partial charge in [0, 0.05) is 19.6 Å². The number of alkyl carbamates (subject to hydrolysis) is 1. The van der Waals surface area contributed by atoms with Gasteiger partial charge in [0.05, 0.1) is 12.1 Å². The number of hydrogen-bond donors (Lipinski definition) is 4. The maximum atomic E-state index is 13.0. The first-order valence-corrected chi connectivity index (χ1v) is 16.1. The molecule has 2 rings (SSSR count). The van der Waals surface area contributed by atoms with E-state index < -0.39 is 47.9 Å². The molecule has 0 heterocycles. The van der Waals surface area contributed by atoms with Crippen molar-refractivity contribution in [3.8, 4) is 0 Å². The molecule has 3 atom stereocenters. The molecular weight excluding hydrogens is 604 g/mol. The maximum absolute atomic E-state index is 13.0. The number of unbranched alkanes of at least 4 members (excludes halogenated alkanes) is 1. The van der Waals surface area contributed by atoms with E-state index in [9.17, 15) is 24.3 Å². The molecule has 260 valence electrons. The minimum absolute atomic E-state index is 0.0210. The molecule has 0 aromatic heterocycles. The highest BCUT2D eigenvalue weighted by molar-refractivity contribution is 5.87. The van der Waals surface area contributed by atoms with Gasteiger partial charge in [0.1, 0.15) is 24.9 Å². The summed E-state index contributed by atoms with van der Waals surface area (Å²) in [6.45, 7) is 9.48. The molecule has 0 bridgehead atoms. The van der Waals surface area contributed by atoms with Crippen LogP contribution in [0.15, 0.2) is 60.7 Å². The van der Waals surface area contributed by atoms with Crippen molar-refractivity contribution in [1.29, 1.82) is 0 Å². The third-order valence-electron chi connectivity index (χ3n) is 7.01. The van der Waals surface area contributed by atoms with Gasteiger partial charge in [0.2, 0.25) is 5.91 Å². The van der Waals surface area contributed by atoms with Gasteiger partial charge < -0.3 is 40.6 Å².